The predicted molar refractivity (Wildman–Crippen MR) is 51.5 cm³/mol. The molecule has 64 valence electrons. The van der Waals surface area contributed by atoms with Crippen LogP contribution in [0.5, 0.6) is 5.75 Å². The van der Waals surface area contributed by atoms with Crippen molar-refractivity contribution in [3.05, 3.63) is 36.4 Å². The normalized spacial score (nSPS) is 9.42. The molecule has 0 amide bonds. The average Bonchev–Trinajstić information content (AvgIpc) is 2.07. The van der Waals surface area contributed by atoms with Crippen LogP contribution in [0.15, 0.2) is 30.9 Å². The van der Waals surface area contributed by atoms with Gasteiger partial charge in [0, 0.05) is 18.3 Å². The minimum absolute atomic E-state index is 0.323. The number of aryl methyl sites for hydroxylation is 1. The Balaban J connectivity index is 2.75. The molecule has 0 saturated carbocycles. The van der Waals surface area contributed by atoms with Gasteiger partial charge in [-0.15, -0.1) is 6.58 Å². The lowest BCUT2D eigenvalue weighted by molar-refractivity contribution is 0.471. The third-order valence-electron chi connectivity index (χ3n) is 1.66. The summed E-state index contributed by atoms with van der Waals surface area (Å²) in [5.74, 6) is 0.323. The molecule has 2 N–H and O–H groups in total. The fraction of sp³-hybridized carbons (Fsp3) is 0.200. The summed E-state index contributed by atoms with van der Waals surface area (Å²) in [6.07, 6.45) is 1.77. The predicted octanol–water partition coefficient (Wildman–Crippen LogP) is 2.30. The molecule has 1 aromatic rings. The first-order chi connectivity index (χ1) is 5.74. The Morgan fingerprint density at radius 2 is 2.33 bits per heavy atom. The zero-order valence-corrected chi connectivity index (χ0v) is 7.17. The molecular weight excluding hydrogens is 150 g/mol. The largest absolute Gasteiger partial charge is 0.508 e. The molecule has 2 nitrogen and oxygen atoms in total. The van der Waals surface area contributed by atoms with Crippen LogP contribution >= 0.6 is 0 Å². The number of hydrogen-bond donors (Lipinski definition) is 2. The van der Waals surface area contributed by atoms with Crippen LogP contribution in [0, 0.1) is 6.92 Å². The van der Waals surface area contributed by atoms with Gasteiger partial charge in [0.2, 0.25) is 0 Å². The number of anilines is 1. The standard InChI is InChI=1S/C10H13NO/c1-3-6-11-9-5-4-8(2)10(12)7-9/h3-5,7,11-12H,1,6H2,2H3. The van der Waals surface area contributed by atoms with Crippen LogP contribution < -0.4 is 5.32 Å². The highest BCUT2D eigenvalue weighted by molar-refractivity contribution is 5.51. The molecule has 0 radical (unpaired) electrons. The van der Waals surface area contributed by atoms with Crippen LogP contribution in [0.4, 0.5) is 5.69 Å². The van der Waals surface area contributed by atoms with E-state index in [1.807, 2.05) is 19.1 Å². The van der Waals surface area contributed by atoms with Crippen LogP contribution in [0.3, 0.4) is 0 Å². The second-order valence-electron chi connectivity index (χ2n) is 2.67. The van der Waals surface area contributed by atoms with E-state index in [-0.39, 0.29) is 0 Å². The maximum Gasteiger partial charge on any atom is 0.120 e. The number of rotatable bonds is 3. The molecule has 0 bridgehead atoms. The van der Waals surface area contributed by atoms with Gasteiger partial charge in [-0.2, -0.15) is 0 Å². The topological polar surface area (TPSA) is 32.3 Å². The fourth-order valence-corrected chi connectivity index (χ4v) is 0.909. The molecule has 0 unspecified atom stereocenters. The average molecular weight is 163 g/mol. The van der Waals surface area contributed by atoms with E-state index in [0.29, 0.717) is 12.3 Å². The highest BCUT2D eigenvalue weighted by Gasteiger charge is 1.95. The van der Waals surface area contributed by atoms with Crippen LogP contribution in [-0.4, -0.2) is 11.7 Å². The first-order valence-electron chi connectivity index (χ1n) is 3.88. The van der Waals surface area contributed by atoms with Crippen LogP contribution in [0.2, 0.25) is 0 Å². The Morgan fingerprint density at radius 3 is 2.92 bits per heavy atom. The van der Waals surface area contributed by atoms with E-state index < -0.39 is 0 Å². The van der Waals surface area contributed by atoms with Crippen molar-refractivity contribution in [1.82, 2.24) is 0 Å². The van der Waals surface area contributed by atoms with Gasteiger partial charge in [-0.05, 0) is 18.6 Å². The maximum absolute atomic E-state index is 9.33. The van der Waals surface area contributed by atoms with Gasteiger partial charge in [-0.3, -0.25) is 0 Å². The highest BCUT2D eigenvalue weighted by atomic mass is 16.3. The van der Waals surface area contributed by atoms with Crippen molar-refractivity contribution >= 4 is 5.69 Å². The molecule has 1 aromatic carbocycles. The third kappa shape index (κ3) is 2.02. The van der Waals surface area contributed by atoms with E-state index in [1.54, 1.807) is 12.1 Å². The third-order valence-corrected chi connectivity index (χ3v) is 1.66. The lowest BCUT2D eigenvalue weighted by Gasteiger charge is -2.04. The Bertz CT molecular complexity index is 281. The first kappa shape index (κ1) is 8.65. The molecule has 1 rings (SSSR count). The molecule has 0 aliphatic heterocycles. The molecule has 0 aliphatic rings. The number of hydrogen-bond acceptors (Lipinski definition) is 2. The number of aromatic hydroxyl groups is 1. The monoisotopic (exact) mass is 163 g/mol. The molecule has 0 aromatic heterocycles. The van der Waals surface area contributed by atoms with Crippen molar-refractivity contribution < 1.29 is 5.11 Å². The van der Waals surface area contributed by atoms with Gasteiger partial charge in [0.05, 0.1) is 0 Å². The van der Waals surface area contributed by atoms with Crippen molar-refractivity contribution in [1.29, 1.82) is 0 Å². The summed E-state index contributed by atoms with van der Waals surface area (Å²) in [6.45, 7) is 6.17. The summed E-state index contributed by atoms with van der Waals surface area (Å²) >= 11 is 0. The SMILES string of the molecule is C=CCNc1ccc(C)c(O)c1. The second kappa shape index (κ2) is 3.81. The smallest absolute Gasteiger partial charge is 0.120 e. The Hall–Kier alpha value is -1.44. The molecule has 0 atom stereocenters. The summed E-state index contributed by atoms with van der Waals surface area (Å²) in [4.78, 5) is 0. The number of phenolic OH excluding ortho intramolecular Hbond substituents is 1. The van der Waals surface area contributed by atoms with Crippen molar-refractivity contribution in [2.24, 2.45) is 0 Å². The zero-order chi connectivity index (χ0) is 8.97. The fourth-order valence-electron chi connectivity index (χ4n) is 0.909. The summed E-state index contributed by atoms with van der Waals surface area (Å²) in [5.41, 5.74) is 1.80. The molecule has 0 fully saturated rings. The molecule has 0 saturated heterocycles. The quantitative estimate of drug-likeness (QED) is 0.670. The zero-order valence-electron chi connectivity index (χ0n) is 7.17. The molecule has 2 heteroatoms. The van der Waals surface area contributed by atoms with Crippen LogP contribution in [0.25, 0.3) is 0 Å². The molecule has 0 heterocycles. The van der Waals surface area contributed by atoms with Crippen LogP contribution in [-0.2, 0) is 0 Å². The Morgan fingerprint density at radius 1 is 1.58 bits per heavy atom. The van der Waals surface area contributed by atoms with E-state index >= 15 is 0 Å². The summed E-state index contributed by atoms with van der Waals surface area (Å²) < 4.78 is 0. The van der Waals surface area contributed by atoms with Crippen molar-refractivity contribution in [3.8, 4) is 5.75 Å². The minimum atomic E-state index is 0.323. The molecule has 12 heavy (non-hydrogen) atoms. The first-order valence-corrected chi connectivity index (χ1v) is 3.88. The number of phenols is 1. The summed E-state index contributed by atoms with van der Waals surface area (Å²) in [6, 6.07) is 5.51. The van der Waals surface area contributed by atoms with Gasteiger partial charge in [0.15, 0.2) is 0 Å². The van der Waals surface area contributed by atoms with Gasteiger partial charge < -0.3 is 10.4 Å². The van der Waals surface area contributed by atoms with E-state index in [1.165, 1.54) is 0 Å². The van der Waals surface area contributed by atoms with Crippen molar-refractivity contribution in [2.45, 2.75) is 6.92 Å². The van der Waals surface area contributed by atoms with Gasteiger partial charge in [-0.25, -0.2) is 0 Å². The lowest BCUT2D eigenvalue weighted by atomic mass is 10.2. The number of nitrogens with one attached hydrogen (secondary N) is 1. The summed E-state index contributed by atoms with van der Waals surface area (Å²) in [5, 5.41) is 12.4. The van der Waals surface area contributed by atoms with Gasteiger partial charge >= 0.3 is 0 Å². The second-order valence-corrected chi connectivity index (χ2v) is 2.67. The van der Waals surface area contributed by atoms with Crippen molar-refractivity contribution in [3.63, 3.8) is 0 Å². The molecular formula is C10H13NO. The number of benzene rings is 1. The maximum atomic E-state index is 9.33. The van der Waals surface area contributed by atoms with Gasteiger partial charge in [0.25, 0.3) is 0 Å². The molecule has 0 spiro atoms. The van der Waals surface area contributed by atoms with Crippen LogP contribution in [0.1, 0.15) is 5.56 Å². The van der Waals surface area contributed by atoms with E-state index in [2.05, 4.69) is 11.9 Å². The minimum Gasteiger partial charge on any atom is -0.508 e. The Labute approximate surface area is 72.5 Å². The highest BCUT2D eigenvalue weighted by Crippen LogP contribution is 2.20. The Kier molecular flexibility index (Phi) is 2.75. The lowest BCUT2D eigenvalue weighted by Crippen LogP contribution is -1.96. The van der Waals surface area contributed by atoms with Gasteiger partial charge in [-0.1, -0.05) is 12.1 Å². The molecule has 0 aliphatic carbocycles. The summed E-state index contributed by atoms with van der Waals surface area (Å²) in [7, 11) is 0. The van der Waals surface area contributed by atoms with E-state index in [9.17, 15) is 5.11 Å². The van der Waals surface area contributed by atoms with E-state index in [0.717, 1.165) is 11.3 Å². The van der Waals surface area contributed by atoms with E-state index in [4.69, 9.17) is 0 Å². The van der Waals surface area contributed by atoms with Gasteiger partial charge in [0.1, 0.15) is 5.75 Å². The van der Waals surface area contributed by atoms with Crippen molar-refractivity contribution in [2.75, 3.05) is 11.9 Å².